The second-order valence-electron chi connectivity index (χ2n) is 6.25. The molecule has 1 fully saturated rings. The molecule has 0 aromatic heterocycles. The van der Waals surface area contributed by atoms with Crippen LogP contribution < -0.4 is 14.4 Å². The summed E-state index contributed by atoms with van der Waals surface area (Å²) in [4.78, 5) is 12.9. The van der Waals surface area contributed by atoms with Gasteiger partial charge in [-0.2, -0.15) is 0 Å². The van der Waals surface area contributed by atoms with Gasteiger partial charge in [-0.15, -0.1) is 0 Å². The number of quaternary nitrogens is 1. The normalized spacial score (nSPS) is 17.3. The van der Waals surface area contributed by atoms with Crippen LogP contribution in [0, 0.1) is 0 Å². The Morgan fingerprint density at radius 1 is 1.22 bits per heavy atom. The first-order valence-electron chi connectivity index (χ1n) is 8.43. The minimum absolute atomic E-state index is 0.0142. The Balaban J connectivity index is 1.87. The number of methoxy groups -OCH3 is 1. The molecule has 1 aromatic rings. The fourth-order valence-electron chi connectivity index (χ4n) is 3.02. The standard InChI is InChI=1S/C18H27NO4/c1-14(20)15-7-8-17(18(11-15)22-2)23-13-16(21)12-19-9-5-3-4-6-10-19/h7-8,11,16,21H,3-6,9-10,12-13H2,1-2H3/p+1/t16-/m1/s1. The highest BCUT2D eigenvalue weighted by Crippen LogP contribution is 2.28. The van der Waals surface area contributed by atoms with E-state index in [0.29, 0.717) is 23.6 Å². The molecule has 0 amide bonds. The maximum atomic E-state index is 11.4. The average molecular weight is 322 g/mol. The second-order valence-corrected chi connectivity index (χ2v) is 6.25. The van der Waals surface area contributed by atoms with E-state index in [4.69, 9.17) is 9.47 Å². The fraction of sp³-hybridized carbons (Fsp3) is 0.611. The lowest BCUT2D eigenvalue weighted by molar-refractivity contribution is -0.902. The zero-order chi connectivity index (χ0) is 16.7. The van der Waals surface area contributed by atoms with Crippen LogP contribution in [-0.4, -0.2) is 50.3 Å². The molecule has 128 valence electrons. The molecule has 1 saturated heterocycles. The Kier molecular flexibility index (Phi) is 6.86. The van der Waals surface area contributed by atoms with E-state index >= 15 is 0 Å². The predicted octanol–water partition coefficient (Wildman–Crippen LogP) is 1.10. The molecule has 0 aliphatic carbocycles. The maximum absolute atomic E-state index is 11.4. The monoisotopic (exact) mass is 322 g/mol. The van der Waals surface area contributed by atoms with Gasteiger partial charge in [-0.3, -0.25) is 4.79 Å². The molecule has 1 heterocycles. The number of ether oxygens (including phenoxy) is 2. The Bertz CT molecular complexity index is 510. The third kappa shape index (κ3) is 5.52. The van der Waals surface area contributed by atoms with Gasteiger partial charge in [0.25, 0.3) is 0 Å². The van der Waals surface area contributed by atoms with E-state index in [1.807, 2.05) is 0 Å². The molecule has 1 aliphatic rings. The van der Waals surface area contributed by atoms with E-state index in [9.17, 15) is 9.90 Å². The lowest BCUT2D eigenvalue weighted by atomic mass is 10.1. The molecular weight excluding hydrogens is 294 g/mol. The Labute approximate surface area is 138 Å². The number of hydrogen-bond acceptors (Lipinski definition) is 4. The van der Waals surface area contributed by atoms with Crippen molar-refractivity contribution in [2.45, 2.75) is 38.7 Å². The minimum atomic E-state index is -0.500. The third-order valence-electron chi connectivity index (χ3n) is 4.34. The summed E-state index contributed by atoms with van der Waals surface area (Å²) in [5.41, 5.74) is 0.587. The number of ketones is 1. The van der Waals surface area contributed by atoms with Crippen molar-refractivity contribution in [1.29, 1.82) is 0 Å². The number of carbonyl (C=O) groups excluding carboxylic acids is 1. The topological polar surface area (TPSA) is 60.2 Å². The number of carbonyl (C=O) groups is 1. The van der Waals surface area contributed by atoms with Gasteiger partial charge in [0.2, 0.25) is 0 Å². The van der Waals surface area contributed by atoms with Crippen molar-refractivity contribution < 1.29 is 24.3 Å². The van der Waals surface area contributed by atoms with Crippen LogP contribution in [0.4, 0.5) is 0 Å². The van der Waals surface area contributed by atoms with E-state index < -0.39 is 6.10 Å². The van der Waals surface area contributed by atoms with Crippen LogP contribution in [0.3, 0.4) is 0 Å². The molecule has 0 spiro atoms. The molecule has 23 heavy (non-hydrogen) atoms. The predicted molar refractivity (Wildman–Crippen MR) is 88.5 cm³/mol. The van der Waals surface area contributed by atoms with Gasteiger partial charge in [-0.1, -0.05) is 0 Å². The number of nitrogens with one attached hydrogen (secondary N) is 1. The summed E-state index contributed by atoms with van der Waals surface area (Å²) in [5, 5.41) is 10.2. The van der Waals surface area contributed by atoms with Gasteiger partial charge in [0.05, 0.1) is 20.2 Å². The Morgan fingerprint density at radius 2 is 1.91 bits per heavy atom. The number of hydrogen-bond donors (Lipinski definition) is 2. The molecule has 1 aromatic carbocycles. The molecule has 1 atom stereocenters. The van der Waals surface area contributed by atoms with Crippen LogP contribution in [0.2, 0.25) is 0 Å². The van der Waals surface area contributed by atoms with Crippen molar-refractivity contribution in [2.24, 2.45) is 0 Å². The summed E-state index contributed by atoms with van der Waals surface area (Å²) in [7, 11) is 1.55. The van der Waals surface area contributed by atoms with Gasteiger partial charge in [0.1, 0.15) is 19.3 Å². The largest absolute Gasteiger partial charge is 0.493 e. The van der Waals surface area contributed by atoms with Gasteiger partial charge >= 0.3 is 0 Å². The highest BCUT2D eigenvalue weighted by molar-refractivity contribution is 5.94. The number of aliphatic hydroxyl groups is 1. The molecular formula is C18H28NO4+. The molecule has 2 rings (SSSR count). The van der Waals surface area contributed by atoms with Gasteiger partial charge in [-0.05, 0) is 50.8 Å². The highest BCUT2D eigenvalue weighted by atomic mass is 16.5. The lowest BCUT2D eigenvalue weighted by Crippen LogP contribution is -3.13. The Morgan fingerprint density at radius 3 is 2.52 bits per heavy atom. The number of aliphatic hydroxyl groups excluding tert-OH is 1. The number of Topliss-reactive ketones (excluding diaryl/α,β-unsaturated/α-hetero) is 1. The minimum Gasteiger partial charge on any atom is -0.493 e. The first-order chi connectivity index (χ1) is 11.1. The zero-order valence-electron chi connectivity index (χ0n) is 14.1. The van der Waals surface area contributed by atoms with Crippen molar-refractivity contribution in [1.82, 2.24) is 0 Å². The van der Waals surface area contributed by atoms with Crippen LogP contribution in [-0.2, 0) is 0 Å². The maximum Gasteiger partial charge on any atom is 0.161 e. The smallest absolute Gasteiger partial charge is 0.161 e. The van der Waals surface area contributed by atoms with Gasteiger partial charge in [-0.25, -0.2) is 0 Å². The summed E-state index contributed by atoms with van der Waals surface area (Å²) in [6.07, 6.45) is 4.58. The van der Waals surface area contributed by atoms with E-state index in [2.05, 4.69) is 0 Å². The van der Waals surface area contributed by atoms with Crippen LogP contribution in [0.25, 0.3) is 0 Å². The van der Waals surface area contributed by atoms with Gasteiger partial charge in [0, 0.05) is 5.56 Å². The quantitative estimate of drug-likeness (QED) is 0.738. The summed E-state index contributed by atoms with van der Waals surface area (Å²) in [6, 6.07) is 5.11. The molecule has 5 nitrogen and oxygen atoms in total. The van der Waals surface area contributed by atoms with E-state index in [1.165, 1.54) is 37.5 Å². The summed E-state index contributed by atoms with van der Waals surface area (Å²) < 4.78 is 11.0. The molecule has 0 radical (unpaired) electrons. The number of likely N-dealkylation sites (tertiary alicyclic amines) is 1. The van der Waals surface area contributed by atoms with Crippen molar-refractivity contribution in [3.63, 3.8) is 0 Å². The lowest BCUT2D eigenvalue weighted by Gasteiger charge is -2.21. The molecule has 1 aliphatic heterocycles. The van der Waals surface area contributed by atoms with E-state index in [0.717, 1.165) is 13.1 Å². The van der Waals surface area contributed by atoms with Gasteiger partial charge < -0.3 is 19.5 Å². The molecule has 0 saturated carbocycles. The van der Waals surface area contributed by atoms with E-state index in [1.54, 1.807) is 25.3 Å². The van der Waals surface area contributed by atoms with Crippen molar-refractivity contribution in [3.05, 3.63) is 23.8 Å². The first kappa shape index (κ1) is 17.8. The Hall–Kier alpha value is -1.59. The average Bonchev–Trinajstić information content (AvgIpc) is 2.81. The molecule has 0 bridgehead atoms. The van der Waals surface area contributed by atoms with Crippen LogP contribution in [0.5, 0.6) is 11.5 Å². The molecule has 2 N–H and O–H groups in total. The SMILES string of the molecule is COc1cc(C(C)=O)ccc1OC[C@H](O)C[NH+]1CCCCCC1. The summed E-state index contributed by atoms with van der Waals surface area (Å²) >= 11 is 0. The molecule has 5 heteroatoms. The highest BCUT2D eigenvalue weighted by Gasteiger charge is 2.18. The van der Waals surface area contributed by atoms with E-state index in [-0.39, 0.29) is 12.4 Å². The van der Waals surface area contributed by atoms with Crippen LogP contribution in [0.15, 0.2) is 18.2 Å². The number of benzene rings is 1. The molecule has 0 unspecified atom stereocenters. The first-order valence-corrected chi connectivity index (χ1v) is 8.43. The van der Waals surface area contributed by atoms with Crippen LogP contribution >= 0.6 is 0 Å². The van der Waals surface area contributed by atoms with Gasteiger partial charge in [0.15, 0.2) is 17.3 Å². The van der Waals surface area contributed by atoms with Crippen molar-refractivity contribution in [3.8, 4) is 11.5 Å². The summed E-state index contributed by atoms with van der Waals surface area (Å²) in [5.74, 6) is 1.06. The fourth-order valence-corrected chi connectivity index (χ4v) is 3.02. The summed E-state index contributed by atoms with van der Waals surface area (Å²) in [6.45, 7) is 4.73. The third-order valence-corrected chi connectivity index (χ3v) is 4.34. The second kappa shape index (κ2) is 8.89. The number of rotatable bonds is 7. The van der Waals surface area contributed by atoms with Crippen LogP contribution in [0.1, 0.15) is 43.0 Å². The van der Waals surface area contributed by atoms with Crippen molar-refractivity contribution >= 4 is 5.78 Å². The zero-order valence-corrected chi connectivity index (χ0v) is 14.1. The van der Waals surface area contributed by atoms with Crippen molar-refractivity contribution in [2.75, 3.05) is 33.4 Å².